The van der Waals surface area contributed by atoms with E-state index >= 15 is 0 Å². The zero-order chi connectivity index (χ0) is 29.3. The monoisotopic (exact) mass is 582 g/mol. The van der Waals surface area contributed by atoms with Crippen molar-refractivity contribution in [3.8, 4) is 0 Å². The number of alkyl halides is 6. The Morgan fingerprint density at radius 1 is 0.775 bits per heavy atom. The summed E-state index contributed by atoms with van der Waals surface area (Å²) in [5, 5.41) is 0. The molecule has 0 spiro atoms. The van der Waals surface area contributed by atoms with E-state index in [1.165, 1.54) is 12.1 Å². The second kappa shape index (κ2) is 11.0. The van der Waals surface area contributed by atoms with Crippen molar-refractivity contribution < 1.29 is 50.2 Å². The number of carbonyl (C=O) groups is 3. The highest BCUT2D eigenvalue weighted by atomic mass is 32.2. The minimum Gasteiger partial charge on any atom is -0.461 e. The minimum atomic E-state index is -4.86. The number of rotatable bonds is 6. The lowest BCUT2D eigenvalue weighted by Crippen LogP contribution is -2.46. The van der Waals surface area contributed by atoms with E-state index in [0.29, 0.717) is 22.6 Å². The van der Waals surface area contributed by atoms with Crippen molar-refractivity contribution in [1.29, 1.82) is 0 Å². The number of esters is 2. The molecule has 0 atom stereocenters. The third-order valence-corrected chi connectivity index (χ3v) is 7.66. The lowest BCUT2D eigenvalue weighted by Gasteiger charge is -2.35. The molecule has 0 unspecified atom stereocenters. The van der Waals surface area contributed by atoms with E-state index in [4.69, 9.17) is 9.47 Å². The first kappa shape index (κ1) is 29.2. The van der Waals surface area contributed by atoms with Gasteiger partial charge < -0.3 is 9.47 Å². The molecule has 0 saturated carbocycles. The third kappa shape index (κ3) is 5.86. The van der Waals surface area contributed by atoms with Crippen LogP contribution in [0.2, 0.25) is 0 Å². The van der Waals surface area contributed by atoms with Crippen molar-refractivity contribution in [1.82, 2.24) is 0 Å². The van der Waals surface area contributed by atoms with Crippen molar-refractivity contribution in [3.63, 3.8) is 0 Å². The third-order valence-electron chi connectivity index (χ3n) is 6.31. The van der Waals surface area contributed by atoms with Gasteiger partial charge in [-0.05, 0) is 42.8 Å². The molecule has 1 aliphatic rings. The minimum absolute atomic E-state index is 0.120. The van der Waals surface area contributed by atoms with Crippen molar-refractivity contribution >= 4 is 29.5 Å². The average molecular weight is 583 g/mol. The number of ether oxygens (including phenoxy) is 2. The van der Waals surface area contributed by atoms with Gasteiger partial charge in [0.1, 0.15) is 18.6 Å². The summed E-state index contributed by atoms with van der Waals surface area (Å²) >= 11 is 1.16. The lowest BCUT2D eigenvalue weighted by molar-refractivity contribution is -0.138. The predicted molar refractivity (Wildman–Crippen MR) is 132 cm³/mol. The molecular formula is C28H20F6O5S. The van der Waals surface area contributed by atoms with E-state index in [2.05, 4.69) is 0 Å². The Balaban J connectivity index is 1.65. The molecule has 40 heavy (non-hydrogen) atoms. The zero-order valence-electron chi connectivity index (χ0n) is 20.7. The first-order chi connectivity index (χ1) is 18.7. The van der Waals surface area contributed by atoms with Gasteiger partial charge in [0.15, 0.2) is 5.78 Å². The smallest absolute Gasteiger partial charge is 0.417 e. The second-order valence-corrected chi connectivity index (χ2v) is 10.1. The molecule has 0 radical (unpaired) electrons. The Morgan fingerprint density at radius 3 is 1.73 bits per heavy atom. The highest BCUT2D eigenvalue weighted by molar-refractivity contribution is 7.99. The molecule has 0 N–H and O–H groups in total. The standard InChI is InChI=1S/C28H20F6O5S/c1-16-7-6-12-21-22(16)23(35)26(15-40-21,13-38-24(36)17-8-2-4-10-19(17)27(29,30)31)14-39-25(37)18-9-3-5-11-20(18)28(32,33)34/h2-12H,13-15H2,1H3. The maximum absolute atomic E-state index is 13.8. The van der Waals surface area contributed by atoms with Gasteiger partial charge in [0.2, 0.25) is 0 Å². The molecule has 1 heterocycles. The number of carbonyl (C=O) groups excluding carboxylic acids is 3. The van der Waals surface area contributed by atoms with Crippen LogP contribution in [0.4, 0.5) is 26.3 Å². The quantitative estimate of drug-likeness (QED) is 0.230. The normalized spacial score (nSPS) is 14.8. The van der Waals surface area contributed by atoms with Crippen LogP contribution in [0.15, 0.2) is 71.6 Å². The molecule has 0 saturated heterocycles. The van der Waals surface area contributed by atoms with Gasteiger partial charge in [-0.15, -0.1) is 11.8 Å². The predicted octanol–water partition coefficient (Wildman–Crippen LogP) is 7.02. The van der Waals surface area contributed by atoms with Gasteiger partial charge in [-0.2, -0.15) is 26.3 Å². The SMILES string of the molecule is Cc1cccc2c1C(=O)C(COC(=O)c1ccccc1C(F)(F)F)(COC(=O)c1ccccc1C(F)(F)F)CS2. The van der Waals surface area contributed by atoms with Crippen LogP contribution in [0, 0.1) is 12.3 Å². The Labute approximate surface area is 228 Å². The van der Waals surface area contributed by atoms with E-state index in [1.807, 2.05) is 0 Å². The lowest BCUT2D eigenvalue weighted by atomic mass is 9.81. The van der Waals surface area contributed by atoms with E-state index in [0.717, 1.165) is 36.0 Å². The van der Waals surface area contributed by atoms with Crippen LogP contribution >= 0.6 is 11.8 Å². The van der Waals surface area contributed by atoms with Crippen molar-refractivity contribution in [3.05, 3.63) is 100 Å². The van der Waals surface area contributed by atoms with E-state index in [-0.39, 0.29) is 11.3 Å². The second-order valence-electron chi connectivity index (χ2n) is 9.09. The average Bonchev–Trinajstić information content (AvgIpc) is 2.91. The van der Waals surface area contributed by atoms with Crippen LogP contribution < -0.4 is 0 Å². The van der Waals surface area contributed by atoms with Gasteiger partial charge in [0.05, 0.1) is 22.3 Å². The highest BCUT2D eigenvalue weighted by Gasteiger charge is 2.47. The Morgan fingerprint density at radius 2 is 1.25 bits per heavy atom. The topological polar surface area (TPSA) is 69.7 Å². The molecule has 5 nitrogen and oxygen atoms in total. The fourth-order valence-corrected chi connectivity index (χ4v) is 5.54. The highest BCUT2D eigenvalue weighted by Crippen LogP contribution is 2.42. The zero-order valence-corrected chi connectivity index (χ0v) is 21.5. The van der Waals surface area contributed by atoms with Crippen LogP contribution in [0.25, 0.3) is 0 Å². The molecule has 4 rings (SSSR count). The largest absolute Gasteiger partial charge is 0.461 e. The van der Waals surface area contributed by atoms with Gasteiger partial charge in [0.25, 0.3) is 0 Å². The number of hydrogen-bond donors (Lipinski definition) is 0. The summed E-state index contributed by atoms with van der Waals surface area (Å²) in [4.78, 5) is 39.9. The fourth-order valence-electron chi connectivity index (χ4n) is 4.23. The summed E-state index contributed by atoms with van der Waals surface area (Å²) in [6, 6.07) is 12.9. The molecule has 0 fully saturated rings. The van der Waals surface area contributed by atoms with Crippen molar-refractivity contribution in [2.75, 3.05) is 19.0 Å². The number of ketones is 1. The first-order valence-corrected chi connectivity index (χ1v) is 12.7. The van der Waals surface area contributed by atoms with Crippen LogP contribution in [0.5, 0.6) is 0 Å². The van der Waals surface area contributed by atoms with Gasteiger partial charge in [-0.1, -0.05) is 36.4 Å². The molecule has 3 aromatic carbocycles. The Hall–Kier alpha value is -3.80. The summed E-state index contributed by atoms with van der Waals surface area (Å²) in [6.45, 7) is 0.0716. The fraction of sp³-hybridized carbons (Fsp3) is 0.250. The molecule has 3 aromatic rings. The molecular weight excluding hydrogens is 562 g/mol. The summed E-state index contributed by atoms with van der Waals surface area (Å²) in [6.07, 6.45) is -9.72. The van der Waals surface area contributed by atoms with Crippen LogP contribution in [0.1, 0.15) is 47.8 Å². The number of fused-ring (bicyclic) bond motifs is 1. The summed E-state index contributed by atoms with van der Waals surface area (Å²) in [5.74, 6) is -3.47. The summed E-state index contributed by atoms with van der Waals surface area (Å²) < 4.78 is 91.0. The Bertz CT molecular complexity index is 1390. The van der Waals surface area contributed by atoms with Gasteiger partial charge in [-0.3, -0.25) is 4.79 Å². The van der Waals surface area contributed by atoms with Crippen LogP contribution in [0.3, 0.4) is 0 Å². The van der Waals surface area contributed by atoms with E-state index < -0.39 is 71.0 Å². The number of aryl methyl sites for hydroxylation is 1. The van der Waals surface area contributed by atoms with Crippen LogP contribution in [-0.2, 0) is 21.8 Å². The molecule has 210 valence electrons. The Kier molecular flexibility index (Phi) is 8.02. The molecule has 0 aliphatic carbocycles. The summed E-state index contributed by atoms with van der Waals surface area (Å²) in [5.41, 5.74) is -5.05. The number of benzene rings is 3. The van der Waals surface area contributed by atoms with Gasteiger partial charge >= 0.3 is 24.3 Å². The van der Waals surface area contributed by atoms with E-state index in [1.54, 1.807) is 25.1 Å². The summed E-state index contributed by atoms with van der Waals surface area (Å²) in [7, 11) is 0. The molecule has 0 bridgehead atoms. The molecule has 0 aromatic heterocycles. The van der Waals surface area contributed by atoms with Crippen molar-refractivity contribution in [2.45, 2.75) is 24.2 Å². The number of Topliss-reactive ketones (excluding diaryl/α,β-unsaturated/α-hetero) is 1. The van der Waals surface area contributed by atoms with E-state index in [9.17, 15) is 40.7 Å². The first-order valence-electron chi connectivity index (χ1n) is 11.7. The molecule has 0 amide bonds. The van der Waals surface area contributed by atoms with Gasteiger partial charge in [0, 0.05) is 16.2 Å². The maximum atomic E-state index is 13.8. The number of thioether (sulfide) groups is 1. The molecule has 1 aliphatic heterocycles. The van der Waals surface area contributed by atoms with Gasteiger partial charge in [-0.25, -0.2) is 9.59 Å². The van der Waals surface area contributed by atoms with Crippen LogP contribution in [-0.4, -0.2) is 36.7 Å². The maximum Gasteiger partial charge on any atom is 0.417 e. The number of hydrogen-bond acceptors (Lipinski definition) is 6. The number of halogens is 6. The van der Waals surface area contributed by atoms with Crippen molar-refractivity contribution in [2.24, 2.45) is 5.41 Å². The molecule has 12 heteroatoms.